The average molecular weight is 494 g/mol. The van der Waals surface area contributed by atoms with Crippen LogP contribution >= 0.6 is 46.4 Å². The molecule has 0 saturated carbocycles. The number of aromatic nitrogens is 2. The van der Waals surface area contributed by atoms with Gasteiger partial charge in [-0.25, -0.2) is 4.98 Å². The molecule has 0 N–H and O–H groups in total. The zero-order valence-electron chi connectivity index (χ0n) is 16.1. The van der Waals surface area contributed by atoms with Gasteiger partial charge in [-0.15, -0.1) is 0 Å². The van der Waals surface area contributed by atoms with Gasteiger partial charge >= 0.3 is 0 Å². The van der Waals surface area contributed by atoms with Crippen LogP contribution in [0.3, 0.4) is 0 Å². The molecule has 4 rings (SSSR count). The van der Waals surface area contributed by atoms with E-state index >= 15 is 0 Å². The summed E-state index contributed by atoms with van der Waals surface area (Å²) in [6.07, 6.45) is 0.538. The first-order valence-corrected chi connectivity index (χ1v) is 11.0. The molecular weight excluding hydrogens is 478 g/mol. The third-order valence-electron chi connectivity index (χ3n) is 4.70. The van der Waals surface area contributed by atoms with Gasteiger partial charge in [0.15, 0.2) is 5.75 Å². The number of fused-ring (bicyclic) bond motifs is 1. The summed E-state index contributed by atoms with van der Waals surface area (Å²) in [5, 5.41) is 2.28. The van der Waals surface area contributed by atoms with Gasteiger partial charge in [0, 0.05) is 22.2 Å². The number of para-hydroxylation sites is 1. The molecule has 0 radical (unpaired) electrons. The molecule has 0 aliphatic rings. The van der Waals surface area contributed by atoms with Crippen LogP contribution in [0.4, 0.5) is 0 Å². The van der Waals surface area contributed by atoms with Crippen LogP contribution in [0.2, 0.25) is 20.1 Å². The smallest absolute Gasteiger partial charge is 0.261 e. The SMILES string of the molecule is O=c1c2ccccc2nc(-c2ccc(Cl)cc2)n1CCCOc1c(Cl)cc(Cl)cc1Cl. The van der Waals surface area contributed by atoms with Crippen LogP contribution in [-0.2, 0) is 6.54 Å². The van der Waals surface area contributed by atoms with E-state index in [1.807, 2.05) is 30.3 Å². The van der Waals surface area contributed by atoms with Crippen molar-refractivity contribution in [3.05, 3.63) is 91.1 Å². The lowest BCUT2D eigenvalue weighted by atomic mass is 10.1. The first-order valence-electron chi connectivity index (χ1n) is 9.47. The lowest BCUT2D eigenvalue weighted by Gasteiger charge is -2.15. The van der Waals surface area contributed by atoms with Gasteiger partial charge in [0.1, 0.15) is 5.82 Å². The first kappa shape index (κ1) is 22.0. The summed E-state index contributed by atoms with van der Waals surface area (Å²) >= 11 is 24.3. The minimum atomic E-state index is -0.113. The van der Waals surface area contributed by atoms with E-state index in [4.69, 9.17) is 56.1 Å². The number of halogens is 4. The van der Waals surface area contributed by atoms with Crippen molar-refractivity contribution >= 4 is 57.3 Å². The number of hydrogen-bond donors (Lipinski definition) is 0. The molecule has 0 bridgehead atoms. The predicted molar refractivity (Wildman–Crippen MR) is 128 cm³/mol. The predicted octanol–water partition coefficient (Wildman–Crippen LogP) is 7.15. The minimum Gasteiger partial charge on any atom is -0.490 e. The summed E-state index contributed by atoms with van der Waals surface area (Å²) in [6, 6.07) is 17.7. The Morgan fingerprint density at radius 3 is 2.26 bits per heavy atom. The van der Waals surface area contributed by atoms with Gasteiger partial charge in [-0.05, 0) is 55.0 Å². The summed E-state index contributed by atoms with van der Waals surface area (Å²) < 4.78 is 7.41. The highest BCUT2D eigenvalue weighted by Gasteiger charge is 2.14. The Kier molecular flexibility index (Phi) is 6.73. The number of rotatable bonds is 6. The highest BCUT2D eigenvalue weighted by atomic mass is 35.5. The topological polar surface area (TPSA) is 44.1 Å². The van der Waals surface area contributed by atoms with Crippen LogP contribution in [0.15, 0.2) is 65.5 Å². The van der Waals surface area contributed by atoms with Crippen LogP contribution in [0.25, 0.3) is 22.3 Å². The number of hydrogen-bond acceptors (Lipinski definition) is 3. The van der Waals surface area contributed by atoms with Crippen molar-refractivity contribution in [2.75, 3.05) is 6.61 Å². The number of ether oxygens (including phenoxy) is 1. The van der Waals surface area contributed by atoms with Crippen molar-refractivity contribution < 1.29 is 4.74 Å². The number of nitrogens with zero attached hydrogens (tertiary/aromatic N) is 2. The third kappa shape index (κ3) is 4.83. The Morgan fingerprint density at radius 2 is 1.55 bits per heavy atom. The lowest BCUT2D eigenvalue weighted by Crippen LogP contribution is -2.24. The molecule has 31 heavy (non-hydrogen) atoms. The molecule has 0 aliphatic carbocycles. The number of benzene rings is 3. The van der Waals surface area contributed by atoms with Gasteiger partial charge in [0.25, 0.3) is 5.56 Å². The van der Waals surface area contributed by atoms with Crippen molar-refractivity contribution in [2.45, 2.75) is 13.0 Å². The summed E-state index contributed by atoms with van der Waals surface area (Å²) in [5.41, 5.74) is 1.33. The van der Waals surface area contributed by atoms with E-state index < -0.39 is 0 Å². The molecule has 0 amide bonds. The highest BCUT2D eigenvalue weighted by Crippen LogP contribution is 2.35. The Hall–Kier alpha value is -2.24. The van der Waals surface area contributed by atoms with E-state index in [-0.39, 0.29) is 5.56 Å². The van der Waals surface area contributed by atoms with Crippen LogP contribution in [0.1, 0.15) is 6.42 Å². The van der Waals surface area contributed by atoms with Crippen molar-refractivity contribution in [2.24, 2.45) is 0 Å². The third-order valence-corrected chi connectivity index (χ3v) is 5.73. The van der Waals surface area contributed by atoms with Crippen molar-refractivity contribution in [1.29, 1.82) is 0 Å². The maximum Gasteiger partial charge on any atom is 0.261 e. The molecule has 0 aliphatic heterocycles. The van der Waals surface area contributed by atoms with Gasteiger partial charge in [-0.1, -0.05) is 58.5 Å². The molecule has 0 unspecified atom stereocenters. The largest absolute Gasteiger partial charge is 0.490 e. The quantitative estimate of drug-likeness (QED) is 0.268. The Labute approximate surface area is 198 Å². The van der Waals surface area contributed by atoms with E-state index in [2.05, 4.69) is 0 Å². The molecule has 0 saturated heterocycles. The van der Waals surface area contributed by atoms with Crippen LogP contribution in [-0.4, -0.2) is 16.2 Å². The van der Waals surface area contributed by atoms with Gasteiger partial charge in [-0.2, -0.15) is 0 Å². The zero-order chi connectivity index (χ0) is 22.0. The van der Waals surface area contributed by atoms with Gasteiger partial charge in [0.05, 0.1) is 27.6 Å². The molecule has 0 fully saturated rings. The minimum absolute atomic E-state index is 0.113. The highest BCUT2D eigenvalue weighted by molar-refractivity contribution is 6.40. The van der Waals surface area contributed by atoms with Crippen LogP contribution in [0, 0.1) is 0 Å². The molecular formula is C23H16Cl4N2O2. The Morgan fingerprint density at radius 1 is 0.871 bits per heavy atom. The molecule has 4 aromatic rings. The van der Waals surface area contributed by atoms with Gasteiger partial charge in [-0.3, -0.25) is 9.36 Å². The monoisotopic (exact) mass is 492 g/mol. The Balaban J connectivity index is 1.62. The molecule has 1 heterocycles. The van der Waals surface area contributed by atoms with Crippen molar-refractivity contribution in [1.82, 2.24) is 9.55 Å². The van der Waals surface area contributed by atoms with Crippen LogP contribution < -0.4 is 10.3 Å². The van der Waals surface area contributed by atoms with Gasteiger partial charge in [0.2, 0.25) is 0 Å². The fraction of sp³-hybridized carbons (Fsp3) is 0.130. The second-order valence-electron chi connectivity index (χ2n) is 6.82. The standard InChI is InChI=1S/C23H16Cl4N2O2/c24-15-8-6-14(7-9-15)22-28-20-5-2-1-4-17(20)23(30)29(22)10-3-11-31-21-18(26)12-16(25)13-19(21)27/h1-2,4-9,12-13H,3,10-11H2. The Bertz CT molecular complexity index is 1280. The summed E-state index contributed by atoms with van der Waals surface area (Å²) in [7, 11) is 0. The normalized spacial score (nSPS) is 11.1. The summed E-state index contributed by atoms with van der Waals surface area (Å²) in [5.74, 6) is 0.942. The second-order valence-corrected chi connectivity index (χ2v) is 8.50. The molecule has 8 heteroatoms. The second kappa shape index (κ2) is 9.49. The van der Waals surface area contributed by atoms with Gasteiger partial charge < -0.3 is 4.74 Å². The summed E-state index contributed by atoms with van der Waals surface area (Å²) in [4.78, 5) is 17.9. The zero-order valence-corrected chi connectivity index (χ0v) is 19.1. The molecule has 3 aromatic carbocycles. The maximum atomic E-state index is 13.2. The van der Waals surface area contributed by atoms with Crippen molar-refractivity contribution in [3.63, 3.8) is 0 Å². The van der Waals surface area contributed by atoms with Crippen molar-refractivity contribution in [3.8, 4) is 17.1 Å². The van der Waals surface area contributed by atoms with E-state index in [1.165, 1.54) is 0 Å². The first-order chi connectivity index (χ1) is 14.9. The average Bonchev–Trinajstić information content (AvgIpc) is 2.74. The maximum absolute atomic E-state index is 13.2. The van der Waals surface area contributed by atoms with E-state index in [1.54, 1.807) is 34.9 Å². The fourth-order valence-electron chi connectivity index (χ4n) is 3.26. The van der Waals surface area contributed by atoms with E-state index in [0.717, 1.165) is 5.56 Å². The van der Waals surface area contributed by atoms with Crippen LogP contribution in [0.5, 0.6) is 5.75 Å². The molecule has 158 valence electrons. The summed E-state index contributed by atoms with van der Waals surface area (Å²) in [6.45, 7) is 0.706. The van der Waals surface area contributed by atoms with E-state index in [9.17, 15) is 4.79 Å². The lowest BCUT2D eigenvalue weighted by molar-refractivity contribution is 0.301. The molecule has 0 spiro atoms. The molecule has 0 atom stereocenters. The molecule has 1 aromatic heterocycles. The fourth-order valence-corrected chi connectivity index (χ4v) is 4.31. The molecule has 4 nitrogen and oxygen atoms in total. The van der Waals surface area contributed by atoms with E-state index in [0.29, 0.717) is 62.1 Å².